The minimum atomic E-state index is -0.893. The van der Waals surface area contributed by atoms with Crippen LogP contribution in [0.25, 0.3) is 0 Å². The molecule has 0 aliphatic heterocycles. The summed E-state index contributed by atoms with van der Waals surface area (Å²) in [5.74, 6) is -0.893. The molecule has 0 amide bonds. The van der Waals surface area contributed by atoms with Crippen LogP contribution in [0.3, 0.4) is 0 Å². The van der Waals surface area contributed by atoms with Crippen LogP contribution in [-0.2, 0) is 4.74 Å². The molecule has 0 saturated heterocycles. The van der Waals surface area contributed by atoms with Gasteiger partial charge in [-0.25, -0.2) is 4.79 Å². The third kappa shape index (κ3) is 1.24. The zero-order valence-corrected chi connectivity index (χ0v) is 6.01. The van der Waals surface area contributed by atoms with Crippen molar-refractivity contribution in [1.29, 1.82) is 0 Å². The summed E-state index contributed by atoms with van der Waals surface area (Å²) in [5.41, 5.74) is -0.927. The van der Waals surface area contributed by atoms with Crippen LogP contribution in [0.2, 0.25) is 0 Å². The van der Waals surface area contributed by atoms with Gasteiger partial charge in [0.2, 0.25) is 6.26 Å². The van der Waals surface area contributed by atoms with Crippen LogP contribution in [0.5, 0.6) is 0 Å². The van der Waals surface area contributed by atoms with Gasteiger partial charge in [-0.1, -0.05) is 5.16 Å². The van der Waals surface area contributed by atoms with Crippen molar-refractivity contribution >= 4 is 11.7 Å². The smallest absolute Gasteiger partial charge is 0.367 e. The Kier molecular flexibility index (Phi) is 2.04. The molecule has 64 valence electrons. The van der Waals surface area contributed by atoms with Crippen molar-refractivity contribution < 1.29 is 19.0 Å². The van der Waals surface area contributed by atoms with Crippen LogP contribution < -0.4 is 0 Å². The lowest BCUT2D eigenvalue weighted by molar-refractivity contribution is -0.385. The molecule has 0 aliphatic carbocycles. The Hall–Kier alpha value is -1.92. The van der Waals surface area contributed by atoms with Gasteiger partial charge in [0, 0.05) is 0 Å². The van der Waals surface area contributed by atoms with E-state index in [0.717, 1.165) is 13.4 Å². The third-order valence-electron chi connectivity index (χ3n) is 1.13. The first-order chi connectivity index (χ1) is 5.66. The number of nitro groups is 1. The van der Waals surface area contributed by atoms with Gasteiger partial charge >= 0.3 is 11.7 Å². The number of methoxy groups -OCH3 is 1. The molecule has 1 rings (SSSR count). The Morgan fingerprint density at radius 2 is 2.50 bits per heavy atom. The van der Waals surface area contributed by atoms with E-state index in [-0.39, 0.29) is 0 Å². The molecule has 0 aliphatic rings. The molecule has 0 atom stereocenters. The zero-order valence-electron chi connectivity index (χ0n) is 6.01. The summed E-state index contributed by atoms with van der Waals surface area (Å²) in [6, 6.07) is 0. The van der Waals surface area contributed by atoms with Gasteiger partial charge in [-0.3, -0.25) is 10.1 Å². The maximum atomic E-state index is 10.8. The van der Waals surface area contributed by atoms with Gasteiger partial charge < -0.3 is 9.26 Å². The first kappa shape index (κ1) is 8.18. The van der Waals surface area contributed by atoms with Crippen molar-refractivity contribution in [3.8, 4) is 0 Å². The summed E-state index contributed by atoms with van der Waals surface area (Å²) >= 11 is 0. The number of nitrogens with zero attached hydrogens (tertiary/aromatic N) is 2. The van der Waals surface area contributed by atoms with Crippen LogP contribution in [-0.4, -0.2) is 23.2 Å². The van der Waals surface area contributed by atoms with Crippen molar-refractivity contribution in [2.45, 2.75) is 0 Å². The normalized spacial score (nSPS) is 9.42. The fourth-order valence-corrected chi connectivity index (χ4v) is 0.600. The van der Waals surface area contributed by atoms with Crippen LogP contribution in [0.1, 0.15) is 10.5 Å². The van der Waals surface area contributed by atoms with Gasteiger partial charge in [0.25, 0.3) is 5.69 Å². The monoisotopic (exact) mass is 172 g/mol. The second kappa shape index (κ2) is 2.99. The van der Waals surface area contributed by atoms with Crippen molar-refractivity contribution in [2.75, 3.05) is 7.11 Å². The van der Waals surface area contributed by atoms with E-state index < -0.39 is 22.3 Å². The lowest BCUT2D eigenvalue weighted by Gasteiger charge is -1.90. The molecular formula is C5H4N2O5. The van der Waals surface area contributed by atoms with Crippen molar-refractivity contribution in [2.24, 2.45) is 0 Å². The standard InChI is InChI=1S/C5H4N2O5/c1-11-5(8)4-3(7(9)10)2-12-6-4/h2H,1H3. The van der Waals surface area contributed by atoms with Crippen LogP contribution >= 0.6 is 0 Å². The van der Waals surface area contributed by atoms with Crippen molar-refractivity contribution in [3.05, 3.63) is 22.1 Å². The Morgan fingerprint density at radius 3 is 3.00 bits per heavy atom. The summed E-state index contributed by atoms with van der Waals surface area (Å²) in [4.78, 5) is 20.2. The first-order valence-corrected chi connectivity index (χ1v) is 2.84. The molecule has 0 N–H and O–H groups in total. The molecule has 0 unspecified atom stereocenters. The molecular weight excluding hydrogens is 168 g/mol. The van der Waals surface area contributed by atoms with E-state index in [1.54, 1.807) is 0 Å². The van der Waals surface area contributed by atoms with Gasteiger partial charge in [0.05, 0.1) is 12.0 Å². The Morgan fingerprint density at radius 1 is 1.83 bits per heavy atom. The maximum absolute atomic E-state index is 10.8. The topological polar surface area (TPSA) is 95.5 Å². The molecule has 1 aromatic rings. The average Bonchev–Trinajstić information content (AvgIpc) is 2.50. The number of rotatable bonds is 2. The van der Waals surface area contributed by atoms with Crippen molar-refractivity contribution in [1.82, 2.24) is 5.16 Å². The molecule has 12 heavy (non-hydrogen) atoms. The first-order valence-electron chi connectivity index (χ1n) is 2.84. The highest BCUT2D eigenvalue weighted by Crippen LogP contribution is 2.16. The fourth-order valence-electron chi connectivity index (χ4n) is 0.600. The Bertz CT molecular complexity index is 317. The summed E-state index contributed by atoms with van der Waals surface area (Å²) in [5, 5.41) is 13.3. The van der Waals surface area contributed by atoms with E-state index in [1.165, 1.54) is 0 Å². The van der Waals surface area contributed by atoms with Crippen molar-refractivity contribution in [3.63, 3.8) is 0 Å². The molecule has 0 aromatic carbocycles. The highest BCUT2D eigenvalue weighted by atomic mass is 16.6. The van der Waals surface area contributed by atoms with E-state index in [4.69, 9.17) is 0 Å². The van der Waals surface area contributed by atoms with Crippen LogP contribution in [0, 0.1) is 10.1 Å². The summed E-state index contributed by atoms with van der Waals surface area (Å²) < 4.78 is 8.46. The lowest BCUT2D eigenvalue weighted by Crippen LogP contribution is -2.04. The van der Waals surface area contributed by atoms with Crippen LogP contribution in [0.4, 0.5) is 5.69 Å². The van der Waals surface area contributed by atoms with Gasteiger partial charge in [-0.2, -0.15) is 0 Å². The number of ether oxygens (including phenoxy) is 1. The maximum Gasteiger partial charge on any atom is 0.367 e. The Balaban J connectivity index is 3.07. The SMILES string of the molecule is COC(=O)c1nocc1[N+](=O)[O-]. The number of hydrogen-bond acceptors (Lipinski definition) is 6. The van der Waals surface area contributed by atoms with E-state index in [0.29, 0.717) is 0 Å². The third-order valence-corrected chi connectivity index (χ3v) is 1.13. The minimum Gasteiger partial charge on any atom is -0.464 e. The zero-order chi connectivity index (χ0) is 9.14. The molecule has 7 heteroatoms. The largest absolute Gasteiger partial charge is 0.464 e. The highest BCUT2D eigenvalue weighted by Gasteiger charge is 2.25. The summed E-state index contributed by atoms with van der Waals surface area (Å²) in [6.07, 6.45) is 0.770. The van der Waals surface area contributed by atoms with Gasteiger partial charge in [0.1, 0.15) is 0 Å². The predicted molar refractivity (Wildman–Crippen MR) is 34.5 cm³/mol. The second-order valence-electron chi connectivity index (χ2n) is 1.80. The molecule has 0 saturated carbocycles. The Labute approximate surface area is 66.1 Å². The molecule has 0 fully saturated rings. The number of carbonyl (C=O) groups is 1. The predicted octanol–water partition coefficient (Wildman–Crippen LogP) is 0.369. The molecule has 0 radical (unpaired) electrons. The molecule has 1 aromatic heterocycles. The fraction of sp³-hybridized carbons (Fsp3) is 0.200. The second-order valence-corrected chi connectivity index (χ2v) is 1.80. The molecule has 0 spiro atoms. The number of hydrogen-bond donors (Lipinski definition) is 0. The average molecular weight is 172 g/mol. The molecule has 1 heterocycles. The van der Waals surface area contributed by atoms with Crippen LogP contribution in [0.15, 0.2) is 10.8 Å². The minimum absolute atomic E-state index is 0.428. The molecule has 0 bridgehead atoms. The number of esters is 1. The highest BCUT2D eigenvalue weighted by molar-refractivity contribution is 5.91. The van der Waals surface area contributed by atoms with Gasteiger partial charge in [0.15, 0.2) is 0 Å². The summed E-state index contributed by atoms with van der Waals surface area (Å²) in [7, 11) is 1.10. The quantitative estimate of drug-likeness (QED) is 0.363. The van der Waals surface area contributed by atoms with E-state index in [2.05, 4.69) is 14.4 Å². The van der Waals surface area contributed by atoms with E-state index >= 15 is 0 Å². The molecule has 7 nitrogen and oxygen atoms in total. The van der Waals surface area contributed by atoms with Gasteiger partial charge in [-0.15, -0.1) is 0 Å². The van der Waals surface area contributed by atoms with E-state index in [1.807, 2.05) is 0 Å². The number of aromatic nitrogens is 1. The van der Waals surface area contributed by atoms with E-state index in [9.17, 15) is 14.9 Å². The lowest BCUT2D eigenvalue weighted by atomic mass is 10.4. The summed E-state index contributed by atoms with van der Waals surface area (Å²) in [6.45, 7) is 0. The number of carbonyl (C=O) groups excluding carboxylic acids is 1. The van der Waals surface area contributed by atoms with Gasteiger partial charge in [-0.05, 0) is 0 Å².